The van der Waals surface area contributed by atoms with Crippen LogP contribution in [-0.4, -0.2) is 44.5 Å². The SMILES string of the molecule is CCCC(=O)OCN1C(=O)C2C3C=C(C(O)(c4ccccc4)c4ccccn4)C(C3=C(c3ccccc3)c3ccccn3)C2C1=O. The largest absolute Gasteiger partial charge is 0.444 e. The minimum atomic E-state index is -1.70. The number of benzene rings is 2. The van der Waals surface area contributed by atoms with Crippen molar-refractivity contribution in [2.75, 3.05) is 6.73 Å². The van der Waals surface area contributed by atoms with E-state index in [4.69, 9.17) is 9.72 Å². The fraction of sp³-hybridized carbons (Fsp3) is 0.237. The Morgan fingerprint density at radius 2 is 1.50 bits per heavy atom. The molecule has 1 saturated carbocycles. The minimum absolute atomic E-state index is 0.200. The number of fused-ring (bicyclic) bond motifs is 5. The molecule has 2 aromatic heterocycles. The van der Waals surface area contributed by atoms with Crippen LogP contribution in [0.25, 0.3) is 5.57 Å². The number of rotatable bonds is 9. The highest BCUT2D eigenvalue weighted by atomic mass is 16.5. The second kappa shape index (κ2) is 11.9. The lowest BCUT2D eigenvalue weighted by Crippen LogP contribution is -2.39. The molecule has 2 aliphatic carbocycles. The lowest BCUT2D eigenvalue weighted by Gasteiger charge is -2.36. The van der Waals surface area contributed by atoms with Gasteiger partial charge in [0, 0.05) is 36.2 Å². The summed E-state index contributed by atoms with van der Waals surface area (Å²) in [6.07, 6.45) is 6.12. The van der Waals surface area contributed by atoms with E-state index in [1.807, 2.05) is 97.9 Å². The van der Waals surface area contributed by atoms with Crippen molar-refractivity contribution < 1.29 is 24.2 Å². The molecule has 230 valence electrons. The molecule has 2 amide bonds. The molecule has 2 bridgehead atoms. The number of carbonyl (C=O) groups excluding carboxylic acids is 3. The molecule has 46 heavy (non-hydrogen) atoms. The van der Waals surface area contributed by atoms with Crippen LogP contribution in [0.2, 0.25) is 0 Å². The average molecular weight is 612 g/mol. The van der Waals surface area contributed by atoms with Gasteiger partial charge in [0.2, 0.25) is 11.8 Å². The summed E-state index contributed by atoms with van der Waals surface area (Å²) in [5, 5.41) is 12.9. The van der Waals surface area contributed by atoms with Crippen LogP contribution in [0.5, 0.6) is 0 Å². The van der Waals surface area contributed by atoms with E-state index >= 15 is 0 Å². The summed E-state index contributed by atoms with van der Waals surface area (Å²) in [7, 11) is 0. The van der Waals surface area contributed by atoms with E-state index in [1.165, 1.54) is 0 Å². The number of hydrogen-bond donors (Lipinski definition) is 1. The third-order valence-electron chi connectivity index (χ3n) is 9.35. The van der Waals surface area contributed by atoms with E-state index in [0.29, 0.717) is 28.9 Å². The standard InChI is InChI=1S/C38H33N3O5/c1-2-13-30(42)46-23-41-36(43)33-26-22-27(38(45,25-16-7-4-8-17-25)29-19-10-12-21-40-29)34(35(33)37(41)44)32(26)31(24-14-5-3-6-15-24)28-18-9-11-20-39-28/h3-12,14-22,26,33-35,45H,2,13,23H2,1H3. The molecule has 0 spiro atoms. The first-order valence-electron chi connectivity index (χ1n) is 15.6. The van der Waals surface area contributed by atoms with Gasteiger partial charge in [-0.25, -0.2) is 4.90 Å². The molecule has 7 rings (SSSR count). The number of esters is 1. The van der Waals surface area contributed by atoms with Crippen molar-refractivity contribution in [1.29, 1.82) is 0 Å². The molecule has 1 aliphatic heterocycles. The van der Waals surface area contributed by atoms with Crippen LogP contribution < -0.4 is 0 Å². The lowest BCUT2D eigenvalue weighted by molar-refractivity contribution is -0.156. The van der Waals surface area contributed by atoms with Crippen LogP contribution in [0.1, 0.15) is 42.3 Å². The molecule has 5 unspecified atom stereocenters. The van der Waals surface area contributed by atoms with Gasteiger partial charge in [-0.2, -0.15) is 0 Å². The average Bonchev–Trinajstić information content (AvgIpc) is 3.71. The fourth-order valence-electron chi connectivity index (χ4n) is 7.45. The van der Waals surface area contributed by atoms with Gasteiger partial charge in [-0.05, 0) is 53.0 Å². The van der Waals surface area contributed by atoms with Gasteiger partial charge in [-0.3, -0.25) is 24.4 Å². The summed E-state index contributed by atoms with van der Waals surface area (Å²) < 4.78 is 5.36. The summed E-state index contributed by atoms with van der Waals surface area (Å²) in [4.78, 5) is 51.0. The molecule has 0 radical (unpaired) electrons. The molecule has 4 aromatic rings. The third-order valence-corrected chi connectivity index (χ3v) is 9.35. The van der Waals surface area contributed by atoms with E-state index in [-0.39, 0.29) is 12.3 Å². The fourth-order valence-corrected chi connectivity index (χ4v) is 7.45. The number of likely N-dealkylation sites (tertiary alicyclic amines) is 1. The van der Waals surface area contributed by atoms with Gasteiger partial charge in [-0.15, -0.1) is 0 Å². The Morgan fingerprint density at radius 1 is 0.848 bits per heavy atom. The number of hydrogen-bond acceptors (Lipinski definition) is 7. The van der Waals surface area contributed by atoms with Crippen molar-refractivity contribution in [3.05, 3.63) is 149 Å². The number of ether oxygens (including phenoxy) is 1. The Kier molecular flexibility index (Phi) is 7.66. The van der Waals surface area contributed by atoms with Gasteiger partial charge < -0.3 is 9.84 Å². The van der Waals surface area contributed by atoms with Crippen molar-refractivity contribution in [3.63, 3.8) is 0 Å². The first kappa shape index (κ1) is 29.5. The summed E-state index contributed by atoms with van der Waals surface area (Å²) in [5.41, 5.74) is 3.20. The third kappa shape index (κ3) is 4.68. The molecule has 8 heteroatoms. The van der Waals surface area contributed by atoms with E-state index in [2.05, 4.69) is 4.98 Å². The molecule has 8 nitrogen and oxygen atoms in total. The molecule has 1 N–H and O–H groups in total. The second-order valence-corrected chi connectivity index (χ2v) is 11.9. The first-order valence-corrected chi connectivity index (χ1v) is 15.6. The van der Waals surface area contributed by atoms with Gasteiger partial charge in [0.1, 0.15) is 0 Å². The smallest absolute Gasteiger partial charge is 0.307 e. The second-order valence-electron chi connectivity index (χ2n) is 11.9. The van der Waals surface area contributed by atoms with Crippen LogP contribution in [-0.2, 0) is 24.7 Å². The minimum Gasteiger partial charge on any atom is -0.444 e. The Balaban J connectivity index is 1.44. The summed E-state index contributed by atoms with van der Waals surface area (Å²) in [5.74, 6) is -3.96. The van der Waals surface area contributed by atoms with Crippen molar-refractivity contribution >= 4 is 23.4 Å². The number of nitrogens with zero attached hydrogens (tertiary/aromatic N) is 3. The van der Waals surface area contributed by atoms with E-state index in [1.54, 1.807) is 24.5 Å². The monoisotopic (exact) mass is 611 g/mol. The highest BCUT2D eigenvalue weighted by molar-refractivity contribution is 6.08. The van der Waals surface area contributed by atoms with Crippen LogP contribution in [0, 0.1) is 23.7 Å². The van der Waals surface area contributed by atoms with Gasteiger partial charge in [0.15, 0.2) is 12.3 Å². The molecule has 2 fully saturated rings. The zero-order valence-corrected chi connectivity index (χ0v) is 25.3. The molecule has 1 saturated heterocycles. The van der Waals surface area contributed by atoms with E-state index < -0.39 is 47.9 Å². The maximum Gasteiger partial charge on any atom is 0.307 e. The predicted octanol–water partition coefficient (Wildman–Crippen LogP) is 5.30. The Hall–Kier alpha value is -5.21. The molecule has 2 aromatic carbocycles. The van der Waals surface area contributed by atoms with Crippen molar-refractivity contribution in [2.45, 2.75) is 25.4 Å². The number of allylic oxidation sites excluding steroid dienone is 2. The highest BCUT2D eigenvalue weighted by Gasteiger charge is 2.67. The van der Waals surface area contributed by atoms with Crippen LogP contribution in [0.3, 0.4) is 0 Å². The topological polar surface area (TPSA) is 110 Å². The molecular weight excluding hydrogens is 578 g/mol. The van der Waals surface area contributed by atoms with Gasteiger partial charge in [0.05, 0.1) is 23.2 Å². The molecular formula is C38H33N3O5. The van der Waals surface area contributed by atoms with Gasteiger partial charge in [-0.1, -0.05) is 85.8 Å². The summed E-state index contributed by atoms with van der Waals surface area (Å²) in [6.45, 7) is 1.43. The Labute approximate surface area is 267 Å². The molecule has 3 aliphatic rings. The highest BCUT2D eigenvalue weighted by Crippen LogP contribution is 2.64. The maximum absolute atomic E-state index is 14.3. The Morgan fingerprint density at radius 3 is 2.15 bits per heavy atom. The van der Waals surface area contributed by atoms with Crippen molar-refractivity contribution in [2.24, 2.45) is 23.7 Å². The zero-order valence-electron chi connectivity index (χ0n) is 25.3. The number of aliphatic hydroxyl groups is 1. The summed E-state index contributed by atoms with van der Waals surface area (Å²) in [6, 6.07) is 30.2. The zero-order chi connectivity index (χ0) is 31.8. The normalized spacial score (nSPS) is 24.0. The number of aromatic nitrogens is 2. The first-order chi connectivity index (χ1) is 22.4. The van der Waals surface area contributed by atoms with Crippen molar-refractivity contribution in [1.82, 2.24) is 14.9 Å². The maximum atomic E-state index is 14.3. The number of pyridine rings is 2. The van der Waals surface area contributed by atoms with Crippen LogP contribution >= 0.6 is 0 Å². The molecule has 5 atom stereocenters. The quantitative estimate of drug-likeness (QED) is 0.155. The number of imide groups is 1. The Bertz CT molecular complexity index is 1760. The van der Waals surface area contributed by atoms with Crippen molar-refractivity contribution in [3.8, 4) is 0 Å². The predicted molar refractivity (Wildman–Crippen MR) is 170 cm³/mol. The summed E-state index contributed by atoms with van der Waals surface area (Å²) >= 11 is 0. The van der Waals surface area contributed by atoms with E-state index in [9.17, 15) is 19.5 Å². The van der Waals surface area contributed by atoms with Crippen LogP contribution in [0.4, 0.5) is 0 Å². The van der Waals surface area contributed by atoms with Gasteiger partial charge >= 0.3 is 5.97 Å². The van der Waals surface area contributed by atoms with Crippen LogP contribution in [0.15, 0.2) is 127 Å². The molecule has 3 heterocycles. The van der Waals surface area contributed by atoms with Gasteiger partial charge in [0.25, 0.3) is 0 Å². The number of carbonyl (C=O) groups is 3. The van der Waals surface area contributed by atoms with E-state index in [0.717, 1.165) is 21.6 Å². The number of amides is 2. The lowest BCUT2D eigenvalue weighted by atomic mass is 9.71.